The molecular formula is C23H27N3O5. The van der Waals surface area contributed by atoms with Gasteiger partial charge in [-0.2, -0.15) is 0 Å². The third-order valence-corrected chi connectivity index (χ3v) is 4.53. The maximum absolute atomic E-state index is 12.1. The second-order valence-electron chi connectivity index (χ2n) is 8.09. The molecule has 0 aliphatic carbocycles. The van der Waals surface area contributed by atoms with Crippen molar-refractivity contribution in [3.8, 4) is 17.1 Å². The molecule has 3 aromatic rings. The predicted octanol–water partition coefficient (Wildman–Crippen LogP) is 3.85. The molecule has 0 radical (unpaired) electrons. The molecule has 1 atom stereocenters. The van der Waals surface area contributed by atoms with Crippen LogP contribution >= 0.6 is 0 Å². The number of benzene rings is 2. The van der Waals surface area contributed by atoms with E-state index in [9.17, 15) is 9.59 Å². The van der Waals surface area contributed by atoms with Crippen LogP contribution in [0.2, 0.25) is 0 Å². The molecule has 3 rings (SSSR count). The van der Waals surface area contributed by atoms with E-state index in [1.807, 2.05) is 42.5 Å². The molecule has 0 bridgehead atoms. The summed E-state index contributed by atoms with van der Waals surface area (Å²) in [7, 11) is 2.90. The largest absolute Gasteiger partial charge is 0.497 e. The second-order valence-corrected chi connectivity index (χ2v) is 8.09. The van der Waals surface area contributed by atoms with E-state index in [1.54, 1.807) is 27.9 Å². The zero-order chi connectivity index (χ0) is 22.6. The first-order valence-electron chi connectivity index (χ1n) is 9.89. The number of carbonyl (C=O) groups excluding carboxylic acids is 2. The SMILES string of the molecule is COC(=O)[C@H](Cc1ccc(-c2nc3ccc(OC)cc3[nH]2)cc1)NC(=O)OC(C)(C)C. The van der Waals surface area contributed by atoms with Crippen LogP contribution in [0.4, 0.5) is 4.79 Å². The summed E-state index contributed by atoms with van der Waals surface area (Å²) < 4.78 is 15.3. The number of aromatic amines is 1. The Kier molecular flexibility index (Phi) is 6.48. The average molecular weight is 425 g/mol. The van der Waals surface area contributed by atoms with Crippen LogP contribution in [-0.2, 0) is 20.7 Å². The number of carbonyl (C=O) groups is 2. The van der Waals surface area contributed by atoms with E-state index in [1.165, 1.54) is 7.11 Å². The van der Waals surface area contributed by atoms with Gasteiger partial charge in [0.25, 0.3) is 0 Å². The number of amides is 1. The monoisotopic (exact) mass is 425 g/mol. The van der Waals surface area contributed by atoms with Crippen molar-refractivity contribution < 1.29 is 23.8 Å². The number of imidazole rings is 1. The summed E-state index contributed by atoms with van der Waals surface area (Å²) in [5.74, 6) is 0.941. The number of H-pyrrole nitrogens is 1. The number of nitrogens with zero attached hydrogens (tertiary/aromatic N) is 1. The highest BCUT2D eigenvalue weighted by molar-refractivity contribution is 5.82. The fraction of sp³-hybridized carbons (Fsp3) is 0.348. The zero-order valence-electron chi connectivity index (χ0n) is 18.3. The van der Waals surface area contributed by atoms with E-state index in [4.69, 9.17) is 14.2 Å². The number of methoxy groups -OCH3 is 2. The van der Waals surface area contributed by atoms with Crippen LogP contribution in [0.1, 0.15) is 26.3 Å². The molecule has 0 spiro atoms. The van der Waals surface area contributed by atoms with Gasteiger partial charge in [-0.25, -0.2) is 14.6 Å². The summed E-state index contributed by atoms with van der Waals surface area (Å²) in [6.45, 7) is 5.27. The molecule has 31 heavy (non-hydrogen) atoms. The molecule has 0 fully saturated rings. The Morgan fingerprint density at radius 2 is 1.81 bits per heavy atom. The number of hydrogen-bond acceptors (Lipinski definition) is 6. The predicted molar refractivity (Wildman–Crippen MR) is 117 cm³/mol. The summed E-state index contributed by atoms with van der Waals surface area (Å²) >= 11 is 0. The van der Waals surface area contributed by atoms with Crippen molar-refractivity contribution >= 4 is 23.1 Å². The van der Waals surface area contributed by atoms with Crippen LogP contribution in [-0.4, -0.2) is 47.9 Å². The van der Waals surface area contributed by atoms with Gasteiger partial charge in [-0.05, 0) is 38.5 Å². The summed E-state index contributed by atoms with van der Waals surface area (Å²) in [6, 6.07) is 12.4. The molecule has 8 nitrogen and oxygen atoms in total. The lowest BCUT2D eigenvalue weighted by Crippen LogP contribution is -2.45. The Hall–Kier alpha value is -3.55. The highest BCUT2D eigenvalue weighted by Crippen LogP contribution is 2.24. The molecule has 1 heterocycles. The molecule has 8 heteroatoms. The molecule has 2 aromatic carbocycles. The van der Waals surface area contributed by atoms with Gasteiger partial charge < -0.3 is 24.5 Å². The minimum absolute atomic E-state index is 0.267. The molecule has 0 saturated heterocycles. The lowest BCUT2D eigenvalue weighted by atomic mass is 10.0. The zero-order valence-corrected chi connectivity index (χ0v) is 18.3. The fourth-order valence-electron chi connectivity index (χ4n) is 3.07. The van der Waals surface area contributed by atoms with E-state index >= 15 is 0 Å². The van der Waals surface area contributed by atoms with Crippen molar-refractivity contribution in [2.75, 3.05) is 14.2 Å². The first-order valence-corrected chi connectivity index (χ1v) is 9.89. The smallest absolute Gasteiger partial charge is 0.408 e. The van der Waals surface area contributed by atoms with E-state index < -0.39 is 23.7 Å². The number of alkyl carbamates (subject to hydrolysis) is 1. The van der Waals surface area contributed by atoms with Gasteiger partial charge in [-0.3, -0.25) is 0 Å². The number of aromatic nitrogens is 2. The summed E-state index contributed by atoms with van der Waals surface area (Å²) in [5, 5.41) is 2.58. The second kappa shape index (κ2) is 9.07. The third kappa shape index (κ3) is 5.75. The van der Waals surface area contributed by atoms with Crippen LogP contribution < -0.4 is 10.1 Å². The lowest BCUT2D eigenvalue weighted by Gasteiger charge is -2.22. The van der Waals surface area contributed by atoms with Crippen LogP contribution in [0.15, 0.2) is 42.5 Å². The topological polar surface area (TPSA) is 103 Å². The minimum atomic E-state index is -0.857. The van der Waals surface area contributed by atoms with Gasteiger partial charge in [0.15, 0.2) is 0 Å². The van der Waals surface area contributed by atoms with Gasteiger partial charge >= 0.3 is 12.1 Å². The van der Waals surface area contributed by atoms with Gasteiger partial charge in [0.1, 0.15) is 23.2 Å². The molecule has 0 unspecified atom stereocenters. The number of nitrogens with one attached hydrogen (secondary N) is 2. The fourth-order valence-corrected chi connectivity index (χ4v) is 3.07. The Morgan fingerprint density at radius 1 is 1.10 bits per heavy atom. The quantitative estimate of drug-likeness (QED) is 0.582. The van der Waals surface area contributed by atoms with Crippen molar-refractivity contribution in [1.82, 2.24) is 15.3 Å². The standard InChI is InChI=1S/C23H27N3O5/c1-23(2,3)31-22(28)26-19(21(27)30-5)12-14-6-8-15(9-7-14)20-24-17-11-10-16(29-4)13-18(17)25-20/h6-11,13,19H,12H2,1-5H3,(H,24,25)(H,26,28)/t19-/m0/s1. The summed E-state index contributed by atoms with van der Waals surface area (Å²) in [5.41, 5.74) is 2.81. The Labute approximate surface area is 180 Å². The van der Waals surface area contributed by atoms with Gasteiger partial charge in [-0.1, -0.05) is 24.3 Å². The maximum atomic E-state index is 12.1. The number of esters is 1. The average Bonchev–Trinajstić information content (AvgIpc) is 3.15. The van der Waals surface area contributed by atoms with Crippen LogP contribution in [0.25, 0.3) is 22.4 Å². The Bertz CT molecular complexity index is 1070. The number of fused-ring (bicyclic) bond motifs is 1. The first-order chi connectivity index (χ1) is 14.7. The molecular weight excluding hydrogens is 398 g/mol. The maximum Gasteiger partial charge on any atom is 0.408 e. The third-order valence-electron chi connectivity index (χ3n) is 4.53. The number of ether oxygens (including phenoxy) is 3. The highest BCUT2D eigenvalue weighted by Gasteiger charge is 2.25. The van der Waals surface area contributed by atoms with Crippen molar-refractivity contribution in [3.05, 3.63) is 48.0 Å². The molecule has 2 N–H and O–H groups in total. The van der Waals surface area contributed by atoms with Crippen molar-refractivity contribution in [3.63, 3.8) is 0 Å². The highest BCUT2D eigenvalue weighted by atomic mass is 16.6. The Morgan fingerprint density at radius 3 is 2.42 bits per heavy atom. The molecule has 0 saturated carbocycles. The van der Waals surface area contributed by atoms with E-state index in [-0.39, 0.29) is 6.42 Å². The van der Waals surface area contributed by atoms with Crippen molar-refractivity contribution in [1.29, 1.82) is 0 Å². The molecule has 1 aromatic heterocycles. The van der Waals surface area contributed by atoms with E-state index in [2.05, 4.69) is 15.3 Å². The number of rotatable bonds is 6. The normalized spacial score (nSPS) is 12.3. The number of hydrogen-bond donors (Lipinski definition) is 2. The van der Waals surface area contributed by atoms with Crippen LogP contribution in [0.3, 0.4) is 0 Å². The van der Waals surface area contributed by atoms with E-state index in [0.717, 1.165) is 33.7 Å². The van der Waals surface area contributed by atoms with Gasteiger partial charge in [0, 0.05) is 18.1 Å². The molecule has 1 amide bonds. The lowest BCUT2D eigenvalue weighted by molar-refractivity contribution is -0.143. The van der Waals surface area contributed by atoms with Crippen LogP contribution in [0.5, 0.6) is 5.75 Å². The van der Waals surface area contributed by atoms with Gasteiger partial charge in [0.05, 0.1) is 25.3 Å². The van der Waals surface area contributed by atoms with Gasteiger partial charge in [0.2, 0.25) is 0 Å². The summed E-state index contributed by atoms with van der Waals surface area (Å²) in [6.07, 6.45) is -0.402. The van der Waals surface area contributed by atoms with Gasteiger partial charge in [-0.15, -0.1) is 0 Å². The molecule has 0 aliphatic rings. The molecule has 0 aliphatic heterocycles. The Balaban J connectivity index is 1.74. The molecule has 164 valence electrons. The first kappa shape index (κ1) is 22.1. The van der Waals surface area contributed by atoms with Crippen LogP contribution in [0, 0.1) is 0 Å². The summed E-state index contributed by atoms with van der Waals surface area (Å²) in [4.78, 5) is 32.1. The van der Waals surface area contributed by atoms with Crippen molar-refractivity contribution in [2.24, 2.45) is 0 Å². The minimum Gasteiger partial charge on any atom is -0.497 e. The van der Waals surface area contributed by atoms with E-state index in [0.29, 0.717) is 0 Å². The van der Waals surface area contributed by atoms with Crippen molar-refractivity contribution in [2.45, 2.75) is 38.8 Å².